The molecular formula is C28H25F2N7O. The molecule has 192 valence electrons. The summed E-state index contributed by atoms with van der Waals surface area (Å²) in [6.45, 7) is 0.106. The molecule has 3 heterocycles. The molecular weight excluding hydrogens is 488 g/mol. The van der Waals surface area contributed by atoms with E-state index in [1.807, 2.05) is 11.6 Å². The number of imidazole rings is 1. The lowest BCUT2D eigenvalue weighted by molar-refractivity contribution is 0.0947. The molecule has 8 nitrogen and oxygen atoms in total. The van der Waals surface area contributed by atoms with E-state index >= 15 is 0 Å². The van der Waals surface area contributed by atoms with Gasteiger partial charge in [0.15, 0.2) is 11.3 Å². The van der Waals surface area contributed by atoms with Crippen LogP contribution in [0, 0.1) is 11.6 Å². The number of halogens is 2. The molecule has 5 aromatic rings. The first kappa shape index (κ1) is 23.9. The summed E-state index contributed by atoms with van der Waals surface area (Å²) in [4.78, 5) is 26.4. The quantitative estimate of drug-likeness (QED) is 0.342. The Balaban J connectivity index is 1.22. The van der Waals surface area contributed by atoms with Gasteiger partial charge in [-0.05, 0) is 66.4 Å². The second-order valence-corrected chi connectivity index (χ2v) is 9.59. The topological polar surface area (TPSA) is 90.5 Å². The summed E-state index contributed by atoms with van der Waals surface area (Å²) >= 11 is 0. The number of aryl methyl sites for hydroxylation is 1. The third-order valence-electron chi connectivity index (χ3n) is 7.06. The summed E-state index contributed by atoms with van der Waals surface area (Å²) in [6, 6.07) is 10.5. The zero-order valence-corrected chi connectivity index (χ0v) is 20.7. The predicted molar refractivity (Wildman–Crippen MR) is 138 cm³/mol. The van der Waals surface area contributed by atoms with Crippen molar-refractivity contribution in [2.24, 2.45) is 7.05 Å². The van der Waals surface area contributed by atoms with Gasteiger partial charge in [-0.2, -0.15) is 5.10 Å². The van der Waals surface area contributed by atoms with E-state index in [9.17, 15) is 13.6 Å². The molecule has 1 aliphatic carbocycles. The molecule has 1 N–H and O–H groups in total. The maximum Gasteiger partial charge on any atom is 0.272 e. The summed E-state index contributed by atoms with van der Waals surface area (Å²) in [7, 11) is 1.90. The van der Waals surface area contributed by atoms with E-state index in [4.69, 9.17) is 4.98 Å². The summed E-state index contributed by atoms with van der Waals surface area (Å²) < 4.78 is 31.3. The number of amides is 1. The van der Waals surface area contributed by atoms with Gasteiger partial charge < -0.3 is 9.88 Å². The van der Waals surface area contributed by atoms with Gasteiger partial charge in [-0.25, -0.2) is 28.4 Å². The molecule has 0 radical (unpaired) electrons. The normalized spacial score (nSPS) is 13.9. The van der Waals surface area contributed by atoms with Crippen LogP contribution in [0.5, 0.6) is 0 Å². The van der Waals surface area contributed by atoms with Crippen molar-refractivity contribution in [2.75, 3.05) is 0 Å². The van der Waals surface area contributed by atoms with Crippen LogP contribution in [-0.2, 0) is 13.6 Å². The second-order valence-electron chi connectivity index (χ2n) is 9.59. The first-order valence-electron chi connectivity index (χ1n) is 12.5. The number of carbonyl (C=O) groups is 1. The molecule has 0 bridgehead atoms. The molecule has 10 heteroatoms. The van der Waals surface area contributed by atoms with Crippen molar-refractivity contribution < 1.29 is 13.6 Å². The van der Waals surface area contributed by atoms with Crippen LogP contribution >= 0.6 is 0 Å². The number of rotatable bonds is 6. The fourth-order valence-electron chi connectivity index (χ4n) is 5.17. The maximum atomic E-state index is 14.5. The van der Waals surface area contributed by atoms with E-state index in [0.29, 0.717) is 39.5 Å². The number of fused-ring (bicyclic) bond motifs is 1. The summed E-state index contributed by atoms with van der Waals surface area (Å²) in [5.74, 6) is 0.149. The van der Waals surface area contributed by atoms with E-state index in [0.717, 1.165) is 18.7 Å². The van der Waals surface area contributed by atoms with Gasteiger partial charge >= 0.3 is 0 Å². The van der Waals surface area contributed by atoms with Crippen molar-refractivity contribution in [3.63, 3.8) is 0 Å². The Morgan fingerprint density at radius 1 is 1.03 bits per heavy atom. The fourth-order valence-corrected chi connectivity index (χ4v) is 5.17. The standard InChI is InChI=1S/C28H25F2N7O/c1-36-25-24(32-16-33-26(25)35-27(36)18-4-2-3-5-18)28(38)31-13-17-10-19(12-22(30)11-17)20-14-34-37(15-20)23-8-6-21(29)7-9-23/h6-12,14-16,18H,2-5,13H2,1H3,(H,31,38). The van der Waals surface area contributed by atoms with Crippen LogP contribution < -0.4 is 5.32 Å². The van der Waals surface area contributed by atoms with Gasteiger partial charge in [0, 0.05) is 31.3 Å². The van der Waals surface area contributed by atoms with Crippen molar-refractivity contribution in [3.05, 3.63) is 89.9 Å². The molecule has 2 aromatic carbocycles. The lowest BCUT2D eigenvalue weighted by Gasteiger charge is -2.10. The lowest BCUT2D eigenvalue weighted by atomic mass is 10.1. The minimum atomic E-state index is -0.432. The van der Waals surface area contributed by atoms with Crippen molar-refractivity contribution >= 4 is 17.1 Å². The molecule has 0 aliphatic heterocycles. The highest BCUT2D eigenvalue weighted by molar-refractivity contribution is 6.02. The van der Waals surface area contributed by atoms with Gasteiger partial charge in [-0.1, -0.05) is 12.8 Å². The average Bonchev–Trinajstić information content (AvgIpc) is 3.68. The van der Waals surface area contributed by atoms with E-state index < -0.39 is 5.82 Å². The smallest absolute Gasteiger partial charge is 0.272 e. The van der Waals surface area contributed by atoms with Gasteiger partial charge in [0.05, 0.1) is 11.9 Å². The van der Waals surface area contributed by atoms with Gasteiger partial charge in [0.2, 0.25) is 0 Å². The molecule has 1 saturated carbocycles. The highest BCUT2D eigenvalue weighted by Gasteiger charge is 2.25. The largest absolute Gasteiger partial charge is 0.347 e. The van der Waals surface area contributed by atoms with E-state index in [2.05, 4.69) is 20.4 Å². The van der Waals surface area contributed by atoms with Crippen molar-refractivity contribution in [1.82, 2.24) is 34.6 Å². The van der Waals surface area contributed by atoms with Gasteiger partial charge in [0.1, 0.15) is 29.3 Å². The molecule has 6 rings (SSSR count). The third kappa shape index (κ3) is 4.53. The minimum Gasteiger partial charge on any atom is -0.347 e. The average molecular weight is 514 g/mol. The maximum absolute atomic E-state index is 14.5. The Labute approximate surface area is 217 Å². The van der Waals surface area contributed by atoms with Crippen LogP contribution in [0.4, 0.5) is 8.78 Å². The van der Waals surface area contributed by atoms with Crippen molar-refractivity contribution in [3.8, 4) is 16.8 Å². The molecule has 0 atom stereocenters. The fraction of sp³-hybridized carbons (Fsp3) is 0.250. The first-order chi connectivity index (χ1) is 18.5. The van der Waals surface area contributed by atoms with Gasteiger partial charge in [-0.15, -0.1) is 0 Å². The Morgan fingerprint density at radius 3 is 2.61 bits per heavy atom. The summed E-state index contributed by atoms with van der Waals surface area (Å²) in [5.41, 5.74) is 3.91. The van der Waals surface area contributed by atoms with Gasteiger partial charge in [0.25, 0.3) is 5.91 Å². The van der Waals surface area contributed by atoms with Crippen LogP contribution in [0.15, 0.2) is 61.2 Å². The Morgan fingerprint density at radius 2 is 1.82 bits per heavy atom. The van der Waals surface area contributed by atoms with Crippen molar-refractivity contribution in [2.45, 2.75) is 38.1 Å². The Kier molecular flexibility index (Phi) is 6.15. The monoisotopic (exact) mass is 513 g/mol. The van der Waals surface area contributed by atoms with Crippen LogP contribution in [-0.4, -0.2) is 35.2 Å². The van der Waals surface area contributed by atoms with E-state index in [1.165, 1.54) is 43.4 Å². The zero-order chi connectivity index (χ0) is 26.2. The highest BCUT2D eigenvalue weighted by Crippen LogP contribution is 2.34. The number of hydrogen-bond donors (Lipinski definition) is 1. The molecule has 1 amide bonds. The highest BCUT2D eigenvalue weighted by atomic mass is 19.1. The molecule has 1 fully saturated rings. The molecule has 0 saturated heterocycles. The first-order valence-corrected chi connectivity index (χ1v) is 12.5. The SMILES string of the molecule is Cn1c(C2CCCC2)nc2ncnc(C(=O)NCc3cc(F)cc(-c4cnn(-c5ccc(F)cc5)c4)c3)c21. The van der Waals surface area contributed by atoms with E-state index in [-0.39, 0.29) is 24.0 Å². The molecule has 0 spiro atoms. The second kappa shape index (κ2) is 9.77. The zero-order valence-electron chi connectivity index (χ0n) is 20.7. The van der Waals surface area contributed by atoms with Crippen LogP contribution in [0.2, 0.25) is 0 Å². The summed E-state index contributed by atoms with van der Waals surface area (Å²) in [5, 5.41) is 7.18. The molecule has 0 unspecified atom stereocenters. The third-order valence-corrected chi connectivity index (χ3v) is 7.06. The lowest BCUT2D eigenvalue weighted by Crippen LogP contribution is -2.25. The molecule has 1 aliphatic rings. The molecule has 38 heavy (non-hydrogen) atoms. The number of aromatic nitrogens is 6. The van der Waals surface area contributed by atoms with Crippen LogP contribution in [0.3, 0.4) is 0 Å². The number of nitrogens with zero attached hydrogens (tertiary/aromatic N) is 6. The van der Waals surface area contributed by atoms with Gasteiger partial charge in [-0.3, -0.25) is 4.79 Å². The number of nitrogens with one attached hydrogen (secondary N) is 1. The minimum absolute atomic E-state index is 0.106. The Hall–Kier alpha value is -4.47. The van der Waals surface area contributed by atoms with Crippen LogP contribution in [0.25, 0.3) is 28.0 Å². The number of carbonyl (C=O) groups excluding carboxylic acids is 1. The number of benzene rings is 2. The number of hydrogen-bond acceptors (Lipinski definition) is 5. The molecule has 3 aromatic heterocycles. The summed E-state index contributed by atoms with van der Waals surface area (Å²) in [6.07, 6.45) is 9.22. The van der Waals surface area contributed by atoms with E-state index in [1.54, 1.807) is 35.3 Å². The predicted octanol–water partition coefficient (Wildman–Crippen LogP) is 5.08. The Bertz CT molecular complexity index is 1640. The van der Waals surface area contributed by atoms with Crippen LogP contribution in [0.1, 0.15) is 53.5 Å². The van der Waals surface area contributed by atoms with Crippen molar-refractivity contribution in [1.29, 1.82) is 0 Å².